The number of halogens is 2. The van der Waals surface area contributed by atoms with Gasteiger partial charge in [-0.25, -0.2) is 0 Å². The molecule has 0 spiro atoms. The molecule has 0 saturated carbocycles. The highest BCUT2D eigenvalue weighted by Gasteiger charge is 2.13. The van der Waals surface area contributed by atoms with Crippen LogP contribution in [0.5, 0.6) is 5.75 Å². The molecular formula is C14H11Cl2N3O4. The Balaban J connectivity index is 1.90. The van der Waals surface area contributed by atoms with Crippen molar-refractivity contribution >= 4 is 40.5 Å². The second-order valence-corrected chi connectivity index (χ2v) is 5.15. The summed E-state index contributed by atoms with van der Waals surface area (Å²) in [4.78, 5) is 22.0. The van der Waals surface area contributed by atoms with E-state index in [1.54, 1.807) is 12.1 Å². The lowest BCUT2D eigenvalue weighted by Gasteiger charge is -2.10. The molecule has 7 nitrogen and oxygen atoms in total. The van der Waals surface area contributed by atoms with Crippen LogP contribution in [0, 0.1) is 10.1 Å². The smallest absolute Gasteiger partial charge is 0.294 e. The predicted molar refractivity (Wildman–Crippen MR) is 86.8 cm³/mol. The first-order chi connectivity index (χ1) is 11.0. The number of anilines is 1. The number of carbonyl (C=O) groups excluding carboxylic acids is 1. The minimum Gasteiger partial charge on any atom is -0.482 e. The molecule has 9 heteroatoms. The number of hydrogen-bond donors (Lipinski definition) is 2. The second kappa shape index (κ2) is 7.66. The summed E-state index contributed by atoms with van der Waals surface area (Å²) in [5.41, 5.74) is 4.79. The maximum atomic E-state index is 11.7. The van der Waals surface area contributed by atoms with E-state index in [-0.39, 0.29) is 23.0 Å². The molecular weight excluding hydrogens is 345 g/mol. The number of nitro groups is 1. The second-order valence-electron chi connectivity index (χ2n) is 4.31. The summed E-state index contributed by atoms with van der Waals surface area (Å²) in [6.07, 6.45) is 0. The number of nitrogens with one attached hydrogen (secondary N) is 2. The summed E-state index contributed by atoms with van der Waals surface area (Å²) < 4.78 is 5.24. The third-order valence-electron chi connectivity index (χ3n) is 2.69. The quantitative estimate of drug-likeness (QED) is 0.611. The van der Waals surface area contributed by atoms with Gasteiger partial charge in [0.2, 0.25) is 0 Å². The van der Waals surface area contributed by atoms with Gasteiger partial charge in [-0.1, -0.05) is 35.3 Å². The van der Waals surface area contributed by atoms with Crippen LogP contribution in [0.1, 0.15) is 0 Å². The Morgan fingerprint density at radius 3 is 2.65 bits per heavy atom. The molecule has 0 fully saturated rings. The minimum absolute atomic E-state index is 0.158. The fourth-order valence-corrected chi connectivity index (χ4v) is 2.11. The SMILES string of the molecule is O=C(COc1ccc(Cl)cc1Cl)NNc1ccccc1[N+](=O)[O-]. The van der Waals surface area contributed by atoms with Crippen molar-refractivity contribution in [2.75, 3.05) is 12.0 Å². The van der Waals surface area contributed by atoms with Gasteiger partial charge in [-0.2, -0.15) is 0 Å². The summed E-state index contributed by atoms with van der Waals surface area (Å²) in [6, 6.07) is 10.5. The van der Waals surface area contributed by atoms with E-state index in [9.17, 15) is 14.9 Å². The van der Waals surface area contributed by atoms with Crippen molar-refractivity contribution < 1.29 is 14.5 Å². The number of hydrazine groups is 1. The van der Waals surface area contributed by atoms with Crippen LogP contribution in [-0.2, 0) is 4.79 Å². The summed E-state index contributed by atoms with van der Waals surface area (Å²) in [7, 11) is 0. The van der Waals surface area contributed by atoms with Crippen LogP contribution in [0.2, 0.25) is 10.0 Å². The Labute approximate surface area is 141 Å². The third-order valence-corrected chi connectivity index (χ3v) is 3.22. The molecule has 0 bridgehead atoms. The molecule has 0 aliphatic carbocycles. The molecule has 1 amide bonds. The maximum Gasteiger partial charge on any atom is 0.294 e. The van der Waals surface area contributed by atoms with Gasteiger partial charge in [-0.15, -0.1) is 0 Å². The van der Waals surface area contributed by atoms with Gasteiger partial charge >= 0.3 is 0 Å². The molecule has 0 atom stereocenters. The van der Waals surface area contributed by atoms with Crippen molar-refractivity contribution in [3.63, 3.8) is 0 Å². The fraction of sp³-hybridized carbons (Fsp3) is 0.0714. The van der Waals surface area contributed by atoms with Crippen LogP contribution in [0.3, 0.4) is 0 Å². The molecule has 0 aliphatic rings. The fourth-order valence-electron chi connectivity index (χ4n) is 1.65. The molecule has 2 aromatic rings. The topological polar surface area (TPSA) is 93.5 Å². The number of benzene rings is 2. The first-order valence-electron chi connectivity index (χ1n) is 6.33. The van der Waals surface area contributed by atoms with Crippen LogP contribution < -0.4 is 15.6 Å². The highest BCUT2D eigenvalue weighted by atomic mass is 35.5. The largest absolute Gasteiger partial charge is 0.482 e. The summed E-state index contributed by atoms with van der Waals surface area (Å²) in [6.45, 7) is -0.324. The van der Waals surface area contributed by atoms with Crippen molar-refractivity contribution in [3.05, 3.63) is 62.6 Å². The van der Waals surface area contributed by atoms with E-state index in [0.717, 1.165) is 0 Å². The van der Waals surface area contributed by atoms with Gasteiger partial charge in [0, 0.05) is 11.1 Å². The highest BCUT2D eigenvalue weighted by Crippen LogP contribution is 2.27. The molecule has 0 aromatic heterocycles. The molecule has 2 N–H and O–H groups in total. The number of para-hydroxylation sites is 2. The van der Waals surface area contributed by atoms with Crippen LogP contribution in [0.15, 0.2) is 42.5 Å². The normalized spacial score (nSPS) is 10.0. The Bertz CT molecular complexity index is 740. The standard InChI is InChI=1S/C14H11Cl2N3O4/c15-9-5-6-13(10(16)7-9)23-8-14(20)18-17-11-3-1-2-4-12(11)19(21)22/h1-7,17H,8H2,(H,18,20). The summed E-state index contributed by atoms with van der Waals surface area (Å²) >= 11 is 11.7. The van der Waals surface area contributed by atoms with E-state index in [4.69, 9.17) is 27.9 Å². The van der Waals surface area contributed by atoms with Crippen molar-refractivity contribution in [1.82, 2.24) is 5.43 Å². The zero-order valence-electron chi connectivity index (χ0n) is 11.6. The molecule has 0 saturated heterocycles. The van der Waals surface area contributed by atoms with Gasteiger partial charge in [-0.3, -0.25) is 25.8 Å². The summed E-state index contributed by atoms with van der Waals surface area (Å²) in [5, 5.41) is 11.6. The Hall–Kier alpha value is -2.51. The lowest BCUT2D eigenvalue weighted by Crippen LogP contribution is -2.33. The molecule has 23 heavy (non-hydrogen) atoms. The van der Waals surface area contributed by atoms with Gasteiger partial charge in [0.1, 0.15) is 11.4 Å². The van der Waals surface area contributed by atoms with Gasteiger partial charge in [0.05, 0.1) is 9.95 Å². The highest BCUT2D eigenvalue weighted by molar-refractivity contribution is 6.35. The van der Waals surface area contributed by atoms with E-state index in [1.165, 1.54) is 30.3 Å². The number of amides is 1. The van der Waals surface area contributed by atoms with Crippen molar-refractivity contribution in [3.8, 4) is 5.75 Å². The molecule has 2 rings (SSSR count). The number of nitrogens with zero attached hydrogens (tertiary/aromatic N) is 1. The van der Waals surface area contributed by atoms with Gasteiger partial charge in [0.15, 0.2) is 6.61 Å². The Morgan fingerprint density at radius 1 is 1.22 bits per heavy atom. The third kappa shape index (κ3) is 4.73. The number of hydrogen-bond acceptors (Lipinski definition) is 5. The number of rotatable bonds is 6. The predicted octanol–water partition coefficient (Wildman–Crippen LogP) is 3.42. The van der Waals surface area contributed by atoms with E-state index in [1.807, 2.05) is 0 Å². The molecule has 0 unspecified atom stereocenters. The number of nitro benzene ring substituents is 1. The van der Waals surface area contributed by atoms with Crippen molar-refractivity contribution in [2.24, 2.45) is 0 Å². The van der Waals surface area contributed by atoms with E-state index < -0.39 is 10.8 Å². The average Bonchev–Trinajstić information content (AvgIpc) is 2.52. The van der Waals surface area contributed by atoms with Crippen LogP contribution >= 0.6 is 23.2 Å². The molecule has 2 aromatic carbocycles. The molecule has 0 radical (unpaired) electrons. The molecule has 0 aliphatic heterocycles. The van der Waals surface area contributed by atoms with Gasteiger partial charge in [-0.05, 0) is 24.3 Å². The lowest BCUT2D eigenvalue weighted by atomic mass is 10.3. The van der Waals surface area contributed by atoms with E-state index in [2.05, 4.69) is 10.9 Å². The van der Waals surface area contributed by atoms with Crippen LogP contribution in [-0.4, -0.2) is 17.4 Å². The number of carbonyl (C=O) groups is 1. The summed E-state index contributed by atoms with van der Waals surface area (Å²) in [5.74, 6) is -0.230. The first kappa shape index (κ1) is 16.9. The van der Waals surface area contributed by atoms with Gasteiger partial charge < -0.3 is 4.74 Å². The minimum atomic E-state index is -0.557. The Kier molecular flexibility index (Phi) is 5.61. The molecule has 120 valence electrons. The zero-order chi connectivity index (χ0) is 16.8. The van der Waals surface area contributed by atoms with Crippen molar-refractivity contribution in [2.45, 2.75) is 0 Å². The maximum absolute atomic E-state index is 11.7. The van der Waals surface area contributed by atoms with E-state index in [0.29, 0.717) is 10.8 Å². The van der Waals surface area contributed by atoms with Crippen molar-refractivity contribution in [1.29, 1.82) is 0 Å². The Morgan fingerprint density at radius 2 is 1.96 bits per heavy atom. The monoisotopic (exact) mass is 355 g/mol. The van der Waals surface area contributed by atoms with Crippen LogP contribution in [0.4, 0.5) is 11.4 Å². The lowest BCUT2D eigenvalue weighted by molar-refractivity contribution is -0.384. The van der Waals surface area contributed by atoms with E-state index >= 15 is 0 Å². The number of ether oxygens (including phenoxy) is 1. The van der Waals surface area contributed by atoms with Gasteiger partial charge in [0.25, 0.3) is 11.6 Å². The average molecular weight is 356 g/mol. The first-order valence-corrected chi connectivity index (χ1v) is 7.09. The van der Waals surface area contributed by atoms with Crippen LogP contribution in [0.25, 0.3) is 0 Å². The molecule has 0 heterocycles. The zero-order valence-corrected chi connectivity index (χ0v) is 13.1.